The summed E-state index contributed by atoms with van der Waals surface area (Å²) in [7, 11) is 1.68. The largest absolute Gasteiger partial charge is 0.380 e. The number of nitrogens with two attached hydrogens (primary N) is 1. The third-order valence-electron chi connectivity index (χ3n) is 4.78. The molecule has 5 heteroatoms. The highest BCUT2D eigenvalue weighted by atomic mass is 35.5. The van der Waals surface area contributed by atoms with Crippen molar-refractivity contribution in [1.29, 1.82) is 0 Å². The summed E-state index contributed by atoms with van der Waals surface area (Å²) in [5.74, 6) is 0.111. The Balaban J connectivity index is 0.00000264. The molecule has 0 spiro atoms. The van der Waals surface area contributed by atoms with E-state index in [2.05, 4.69) is 5.32 Å². The van der Waals surface area contributed by atoms with Gasteiger partial charge in [-0.3, -0.25) is 4.79 Å². The molecule has 0 aliphatic heterocycles. The predicted molar refractivity (Wildman–Crippen MR) is 95.4 cm³/mol. The zero-order valence-corrected chi connectivity index (χ0v) is 14.8. The minimum atomic E-state index is 0. The van der Waals surface area contributed by atoms with Gasteiger partial charge in [0.25, 0.3) is 0 Å². The number of benzene rings is 1. The smallest absolute Gasteiger partial charge is 0.220 e. The number of carbonyl (C=O) groups excluding carboxylic acids is 1. The van der Waals surface area contributed by atoms with Gasteiger partial charge in [0.05, 0.1) is 6.61 Å². The molecule has 0 heterocycles. The Morgan fingerprint density at radius 3 is 2.48 bits per heavy atom. The SMILES string of the molecule is COCc1ccccc1CNC(=O)CC1(CN)CCCCC1.Cl. The Morgan fingerprint density at radius 2 is 1.87 bits per heavy atom. The third-order valence-corrected chi connectivity index (χ3v) is 4.78. The summed E-state index contributed by atoms with van der Waals surface area (Å²) in [4.78, 5) is 12.3. The van der Waals surface area contributed by atoms with Gasteiger partial charge in [-0.15, -0.1) is 12.4 Å². The molecule has 1 aromatic carbocycles. The van der Waals surface area contributed by atoms with Gasteiger partial charge in [0.15, 0.2) is 0 Å². The number of rotatable bonds is 7. The molecule has 0 bridgehead atoms. The molecule has 1 saturated carbocycles. The molecule has 1 aliphatic rings. The first-order valence-corrected chi connectivity index (χ1v) is 8.22. The third kappa shape index (κ3) is 5.79. The van der Waals surface area contributed by atoms with E-state index >= 15 is 0 Å². The highest BCUT2D eigenvalue weighted by Gasteiger charge is 2.32. The van der Waals surface area contributed by atoms with E-state index in [0.717, 1.165) is 24.0 Å². The monoisotopic (exact) mass is 340 g/mol. The number of halogens is 1. The fourth-order valence-corrected chi connectivity index (χ4v) is 3.38. The van der Waals surface area contributed by atoms with Crippen LogP contribution in [0, 0.1) is 5.41 Å². The second-order valence-electron chi connectivity index (χ2n) is 6.42. The van der Waals surface area contributed by atoms with E-state index in [1.165, 1.54) is 19.3 Å². The van der Waals surface area contributed by atoms with Crippen LogP contribution >= 0.6 is 12.4 Å². The van der Waals surface area contributed by atoms with E-state index < -0.39 is 0 Å². The van der Waals surface area contributed by atoms with Crippen molar-refractivity contribution in [3.8, 4) is 0 Å². The van der Waals surface area contributed by atoms with Crippen molar-refractivity contribution in [3.05, 3.63) is 35.4 Å². The Labute approximate surface area is 145 Å². The molecule has 0 atom stereocenters. The van der Waals surface area contributed by atoms with Crippen molar-refractivity contribution in [2.75, 3.05) is 13.7 Å². The Morgan fingerprint density at radius 1 is 1.22 bits per heavy atom. The highest BCUT2D eigenvalue weighted by Crippen LogP contribution is 2.38. The molecule has 0 aromatic heterocycles. The van der Waals surface area contributed by atoms with Gasteiger partial charge in [-0.2, -0.15) is 0 Å². The second-order valence-corrected chi connectivity index (χ2v) is 6.42. The average Bonchev–Trinajstić information content (AvgIpc) is 2.55. The molecule has 0 radical (unpaired) electrons. The first kappa shape index (κ1) is 19.9. The van der Waals surface area contributed by atoms with Gasteiger partial charge in [0.1, 0.15) is 0 Å². The second kappa shape index (κ2) is 9.91. The number of amides is 1. The molecule has 23 heavy (non-hydrogen) atoms. The van der Waals surface area contributed by atoms with Gasteiger partial charge in [-0.1, -0.05) is 43.5 Å². The van der Waals surface area contributed by atoms with Crippen molar-refractivity contribution in [3.63, 3.8) is 0 Å². The summed E-state index contributed by atoms with van der Waals surface area (Å²) in [6, 6.07) is 8.05. The van der Waals surface area contributed by atoms with Crippen molar-refractivity contribution in [2.45, 2.75) is 51.7 Å². The number of nitrogens with one attached hydrogen (secondary N) is 1. The van der Waals surface area contributed by atoms with Crippen LogP contribution in [-0.2, 0) is 22.7 Å². The quantitative estimate of drug-likeness (QED) is 0.801. The maximum atomic E-state index is 12.3. The number of hydrogen-bond donors (Lipinski definition) is 2. The van der Waals surface area contributed by atoms with Crippen LogP contribution in [0.3, 0.4) is 0 Å². The molecule has 4 nitrogen and oxygen atoms in total. The molecule has 3 N–H and O–H groups in total. The van der Waals surface area contributed by atoms with Gasteiger partial charge in [0.2, 0.25) is 5.91 Å². The van der Waals surface area contributed by atoms with E-state index in [1.54, 1.807) is 7.11 Å². The van der Waals surface area contributed by atoms with Crippen LogP contribution in [0.4, 0.5) is 0 Å². The minimum absolute atomic E-state index is 0. The lowest BCUT2D eigenvalue weighted by atomic mass is 9.71. The minimum Gasteiger partial charge on any atom is -0.380 e. The van der Waals surface area contributed by atoms with Gasteiger partial charge in [0, 0.05) is 20.1 Å². The van der Waals surface area contributed by atoms with Crippen molar-refractivity contribution >= 4 is 18.3 Å². The summed E-state index contributed by atoms with van der Waals surface area (Å²) in [6.07, 6.45) is 6.38. The van der Waals surface area contributed by atoms with Crippen LogP contribution in [0.5, 0.6) is 0 Å². The van der Waals surface area contributed by atoms with Crippen LogP contribution in [0.25, 0.3) is 0 Å². The van der Waals surface area contributed by atoms with Gasteiger partial charge < -0.3 is 15.8 Å². The molecule has 2 rings (SSSR count). The average molecular weight is 341 g/mol. The Kier molecular flexibility index (Phi) is 8.59. The number of carbonyl (C=O) groups is 1. The lowest BCUT2D eigenvalue weighted by Crippen LogP contribution is -2.38. The topological polar surface area (TPSA) is 64.3 Å². The van der Waals surface area contributed by atoms with Gasteiger partial charge in [-0.25, -0.2) is 0 Å². The molecule has 1 aromatic rings. The van der Waals surface area contributed by atoms with Crippen LogP contribution in [-0.4, -0.2) is 19.6 Å². The Hall–Kier alpha value is -1.10. The first-order chi connectivity index (χ1) is 10.7. The van der Waals surface area contributed by atoms with E-state index in [9.17, 15) is 4.79 Å². The predicted octanol–water partition coefficient (Wildman–Crippen LogP) is 3.17. The van der Waals surface area contributed by atoms with E-state index in [-0.39, 0.29) is 23.7 Å². The summed E-state index contributed by atoms with van der Waals surface area (Å²) in [5, 5.41) is 3.05. The standard InChI is InChI=1S/C18H28N2O2.ClH/c1-22-13-16-8-4-3-7-15(16)12-20-17(21)11-18(14-19)9-5-2-6-10-18;/h3-4,7-8H,2,5-6,9-14,19H2,1H3,(H,20,21);1H. The normalized spacial score (nSPS) is 16.4. The molecular weight excluding hydrogens is 312 g/mol. The zero-order chi connectivity index (χ0) is 15.8. The molecule has 0 unspecified atom stereocenters. The highest BCUT2D eigenvalue weighted by molar-refractivity contribution is 5.85. The van der Waals surface area contributed by atoms with E-state index in [0.29, 0.717) is 26.1 Å². The van der Waals surface area contributed by atoms with E-state index in [1.807, 2.05) is 24.3 Å². The summed E-state index contributed by atoms with van der Waals surface area (Å²) in [6.45, 7) is 1.73. The lowest BCUT2D eigenvalue weighted by molar-refractivity contribution is -0.124. The number of methoxy groups -OCH3 is 1. The van der Waals surface area contributed by atoms with Gasteiger partial charge >= 0.3 is 0 Å². The molecule has 1 aliphatic carbocycles. The summed E-state index contributed by atoms with van der Waals surface area (Å²) < 4.78 is 5.20. The number of ether oxygens (including phenoxy) is 1. The van der Waals surface area contributed by atoms with Crippen LogP contribution in [0.15, 0.2) is 24.3 Å². The molecule has 1 fully saturated rings. The fourth-order valence-electron chi connectivity index (χ4n) is 3.38. The molecule has 130 valence electrons. The molecular formula is C18H29ClN2O2. The zero-order valence-electron chi connectivity index (χ0n) is 14.0. The first-order valence-electron chi connectivity index (χ1n) is 8.22. The molecule has 1 amide bonds. The van der Waals surface area contributed by atoms with Crippen molar-refractivity contribution in [1.82, 2.24) is 5.32 Å². The number of hydrogen-bond acceptors (Lipinski definition) is 3. The molecule has 0 saturated heterocycles. The summed E-state index contributed by atoms with van der Waals surface area (Å²) >= 11 is 0. The maximum Gasteiger partial charge on any atom is 0.220 e. The fraction of sp³-hybridized carbons (Fsp3) is 0.611. The Bertz CT molecular complexity index is 488. The van der Waals surface area contributed by atoms with Crippen molar-refractivity contribution in [2.24, 2.45) is 11.1 Å². The van der Waals surface area contributed by atoms with Crippen molar-refractivity contribution < 1.29 is 9.53 Å². The summed E-state index contributed by atoms with van der Waals surface area (Å²) in [5.41, 5.74) is 8.22. The van der Waals surface area contributed by atoms with Crippen LogP contribution in [0.1, 0.15) is 49.7 Å². The van der Waals surface area contributed by atoms with Gasteiger partial charge in [-0.05, 0) is 35.9 Å². The van der Waals surface area contributed by atoms with Crippen LogP contribution in [0.2, 0.25) is 0 Å². The van der Waals surface area contributed by atoms with Crippen LogP contribution < -0.4 is 11.1 Å². The maximum absolute atomic E-state index is 12.3. The lowest BCUT2D eigenvalue weighted by Gasteiger charge is -2.35. The van der Waals surface area contributed by atoms with E-state index in [4.69, 9.17) is 10.5 Å².